The summed E-state index contributed by atoms with van der Waals surface area (Å²) in [5, 5.41) is 0. The normalized spacial score (nSPS) is 52.4. The van der Waals surface area contributed by atoms with E-state index < -0.39 is 0 Å². The molecule has 0 saturated heterocycles. The molecule has 0 aromatic carbocycles. The summed E-state index contributed by atoms with van der Waals surface area (Å²) >= 11 is 0. The monoisotopic (exact) mass is 284 g/mol. The molecule has 4 aliphatic carbocycles. The van der Waals surface area contributed by atoms with E-state index in [1.54, 1.807) is 19.3 Å². The highest BCUT2D eigenvalue weighted by molar-refractivity contribution is 5.10. The van der Waals surface area contributed by atoms with Crippen molar-refractivity contribution in [2.75, 3.05) is 0 Å². The zero-order chi connectivity index (χ0) is 14.4. The average molecular weight is 284 g/mol. The zero-order valence-electron chi connectivity index (χ0n) is 13.8. The van der Waals surface area contributed by atoms with Gasteiger partial charge in [0, 0.05) is 6.42 Å². The molecule has 0 bridgehead atoms. The lowest BCUT2D eigenvalue weighted by Crippen LogP contribution is -2.48. The molecule has 0 radical (unpaired) electrons. The summed E-state index contributed by atoms with van der Waals surface area (Å²) in [6, 6.07) is 0. The van der Waals surface area contributed by atoms with Crippen LogP contribution < -0.4 is 0 Å². The predicted molar refractivity (Wildman–Crippen MR) is 88.7 cm³/mol. The van der Waals surface area contributed by atoms with Gasteiger partial charge in [-0.2, -0.15) is 0 Å². The zero-order valence-corrected chi connectivity index (χ0v) is 13.8. The Kier molecular flexibility index (Phi) is 3.60. The summed E-state index contributed by atoms with van der Waals surface area (Å²) in [5.74, 6) is 9.24. The smallest absolute Gasteiger partial charge is 0.0148 e. The molecule has 0 spiro atoms. The van der Waals surface area contributed by atoms with Crippen molar-refractivity contribution in [3.63, 3.8) is 0 Å². The Hall–Kier alpha value is -0.440. The highest BCUT2D eigenvalue weighted by Crippen LogP contribution is 2.65. The van der Waals surface area contributed by atoms with E-state index in [1.165, 1.54) is 44.9 Å². The molecule has 0 N–H and O–H groups in total. The first-order valence-electron chi connectivity index (χ1n) is 9.70. The Morgan fingerprint density at radius 3 is 2.62 bits per heavy atom. The van der Waals surface area contributed by atoms with Crippen LogP contribution in [0.2, 0.25) is 0 Å². The van der Waals surface area contributed by atoms with Crippen LogP contribution in [0.25, 0.3) is 0 Å². The molecule has 4 saturated carbocycles. The molecule has 7 atom stereocenters. The first-order valence-corrected chi connectivity index (χ1v) is 9.70. The maximum Gasteiger partial charge on any atom is 0.0148 e. The van der Waals surface area contributed by atoms with Gasteiger partial charge < -0.3 is 0 Å². The Bertz CT molecular complexity index is 430. The van der Waals surface area contributed by atoms with Crippen molar-refractivity contribution in [1.29, 1.82) is 0 Å². The van der Waals surface area contributed by atoms with Crippen LogP contribution in [0.3, 0.4) is 0 Å². The van der Waals surface area contributed by atoms with Crippen LogP contribution in [0, 0.1) is 53.3 Å². The van der Waals surface area contributed by atoms with Crippen LogP contribution in [0.4, 0.5) is 0 Å². The van der Waals surface area contributed by atoms with Gasteiger partial charge in [-0.1, -0.05) is 26.2 Å². The number of terminal acetylenes is 1. The minimum absolute atomic E-state index is 0.539. The molecule has 0 aromatic heterocycles. The molecule has 0 nitrogen and oxygen atoms in total. The molecule has 0 aliphatic heterocycles. The number of hydrogen-bond acceptors (Lipinski definition) is 0. The molecular formula is C21H32. The van der Waals surface area contributed by atoms with Crippen LogP contribution in [-0.4, -0.2) is 0 Å². The highest BCUT2D eigenvalue weighted by Gasteiger charge is 2.57. The van der Waals surface area contributed by atoms with E-state index in [-0.39, 0.29) is 0 Å². The quantitative estimate of drug-likeness (QED) is 0.544. The lowest BCUT2D eigenvalue weighted by atomic mass is 9.49. The standard InChI is InChI=1S/C21H32/c1-3-13-21-14-12-18-17-7-5-4-6-16(17)9-10-19(18)20(21)11-8-15(21)2/h1,15-20H,4-14H2,2H3/t15?,16?,17-,18+,19+,20-,21+/m0/s1. The molecule has 4 fully saturated rings. The molecule has 0 amide bonds. The fraction of sp³-hybridized carbons (Fsp3) is 0.905. The second-order valence-corrected chi connectivity index (χ2v) is 8.85. The molecule has 2 unspecified atom stereocenters. The Balaban J connectivity index is 1.61. The summed E-state index contributed by atoms with van der Waals surface area (Å²) < 4.78 is 0. The Morgan fingerprint density at radius 1 is 0.905 bits per heavy atom. The third-order valence-corrected chi connectivity index (χ3v) is 8.46. The fourth-order valence-corrected chi connectivity index (χ4v) is 7.49. The number of fused-ring (bicyclic) bond motifs is 5. The third kappa shape index (κ3) is 2.03. The van der Waals surface area contributed by atoms with Gasteiger partial charge >= 0.3 is 0 Å². The molecule has 0 heterocycles. The molecule has 4 aliphatic rings. The van der Waals surface area contributed by atoms with Crippen LogP contribution in [0.15, 0.2) is 0 Å². The van der Waals surface area contributed by atoms with Gasteiger partial charge in [0.25, 0.3) is 0 Å². The molecule has 4 rings (SSSR count). The van der Waals surface area contributed by atoms with Crippen molar-refractivity contribution in [3.8, 4) is 12.3 Å². The van der Waals surface area contributed by atoms with Crippen molar-refractivity contribution in [2.24, 2.45) is 40.9 Å². The van der Waals surface area contributed by atoms with Crippen molar-refractivity contribution in [2.45, 2.75) is 77.6 Å². The van der Waals surface area contributed by atoms with Crippen LogP contribution in [0.1, 0.15) is 77.6 Å². The van der Waals surface area contributed by atoms with Crippen LogP contribution in [-0.2, 0) is 0 Å². The van der Waals surface area contributed by atoms with Crippen molar-refractivity contribution >= 4 is 0 Å². The van der Waals surface area contributed by atoms with Gasteiger partial charge in [0.15, 0.2) is 0 Å². The minimum Gasteiger partial charge on any atom is -0.120 e. The Morgan fingerprint density at radius 2 is 1.76 bits per heavy atom. The number of hydrogen-bond donors (Lipinski definition) is 0. The third-order valence-electron chi connectivity index (χ3n) is 8.46. The molecule has 0 heteroatoms. The predicted octanol–water partition coefficient (Wildman–Crippen LogP) is 5.67. The van der Waals surface area contributed by atoms with Crippen molar-refractivity contribution < 1.29 is 0 Å². The van der Waals surface area contributed by atoms with Gasteiger partial charge in [-0.05, 0) is 85.9 Å². The summed E-state index contributed by atoms with van der Waals surface area (Å²) in [6.45, 7) is 2.50. The van der Waals surface area contributed by atoms with E-state index >= 15 is 0 Å². The fourth-order valence-electron chi connectivity index (χ4n) is 7.49. The van der Waals surface area contributed by atoms with E-state index in [2.05, 4.69) is 12.8 Å². The number of rotatable bonds is 1. The maximum absolute atomic E-state index is 5.80. The van der Waals surface area contributed by atoms with Crippen LogP contribution >= 0.6 is 0 Å². The summed E-state index contributed by atoms with van der Waals surface area (Å²) in [7, 11) is 0. The molecule has 116 valence electrons. The van der Waals surface area contributed by atoms with E-state index in [0.29, 0.717) is 5.41 Å². The molecule has 21 heavy (non-hydrogen) atoms. The summed E-state index contributed by atoms with van der Waals surface area (Å²) in [4.78, 5) is 0. The minimum atomic E-state index is 0.539. The van der Waals surface area contributed by atoms with Crippen molar-refractivity contribution in [1.82, 2.24) is 0 Å². The second-order valence-electron chi connectivity index (χ2n) is 8.85. The first kappa shape index (κ1) is 14.2. The average Bonchev–Trinajstić information content (AvgIpc) is 2.85. The summed E-state index contributed by atoms with van der Waals surface area (Å²) in [6.07, 6.45) is 22.0. The second kappa shape index (κ2) is 5.33. The molecule has 0 aromatic rings. The SMILES string of the molecule is C#CC[C@]12CC[C@H]3[C@@H](CCC4CCCC[C@@H]43)[C@@H]1CCC2C. The lowest BCUT2D eigenvalue weighted by molar-refractivity contribution is -0.0656. The van der Waals surface area contributed by atoms with E-state index in [9.17, 15) is 0 Å². The lowest BCUT2D eigenvalue weighted by Gasteiger charge is -2.56. The van der Waals surface area contributed by atoms with Crippen molar-refractivity contribution in [3.05, 3.63) is 0 Å². The van der Waals surface area contributed by atoms with E-state index in [1.807, 2.05) is 0 Å². The van der Waals surface area contributed by atoms with Gasteiger partial charge in [-0.3, -0.25) is 0 Å². The first-order chi connectivity index (χ1) is 10.3. The van der Waals surface area contributed by atoms with E-state index in [4.69, 9.17) is 6.42 Å². The maximum atomic E-state index is 5.80. The van der Waals surface area contributed by atoms with Gasteiger partial charge in [0.05, 0.1) is 0 Å². The highest BCUT2D eigenvalue weighted by atomic mass is 14.6. The van der Waals surface area contributed by atoms with Gasteiger partial charge in [-0.15, -0.1) is 12.3 Å². The molecular weight excluding hydrogens is 252 g/mol. The largest absolute Gasteiger partial charge is 0.120 e. The van der Waals surface area contributed by atoms with Gasteiger partial charge in [0.1, 0.15) is 0 Å². The van der Waals surface area contributed by atoms with Gasteiger partial charge in [-0.25, -0.2) is 0 Å². The van der Waals surface area contributed by atoms with E-state index in [0.717, 1.165) is 41.9 Å². The topological polar surface area (TPSA) is 0 Å². The Labute approximate surface area is 131 Å². The van der Waals surface area contributed by atoms with Gasteiger partial charge in [0.2, 0.25) is 0 Å². The van der Waals surface area contributed by atoms with Crippen LogP contribution in [0.5, 0.6) is 0 Å². The summed E-state index contributed by atoms with van der Waals surface area (Å²) in [5.41, 5.74) is 0.539.